The van der Waals surface area contributed by atoms with E-state index >= 15 is 0 Å². The van der Waals surface area contributed by atoms with Crippen molar-refractivity contribution in [3.05, 3.63) is 35.9 Å². The summed E-state index contributed by atoms with van der Waals surface area (Å²) < 4.78 is 0. The largest absolute Gasteiger partial charge is 0.391 e. The summed E-state index contributed by atoms with van der Waals surface area (Å²) >= 11 is 0. The molecule has 154 valence electrons. The van der Waals surface area contributed by atoms with Gasteiger partial charge < -0.3 is 26.8 Å². The van der Waals surface area contributed by atoms with Gasteiger partial charge in [0.05, 0.1) is 23.6 Å². The highest BCUT2D eigenvalue weighted by molar-refractivity contribution is 5.87. The molecule has 4 atom stereocenters. The van der Waals surface area contributed by atoms with Crippen molar-refractivity contribution in [2.75, 3.05) is 19.6 Å². The van der Waals surface area contributed by atoms with Crippen molar-refractivity contribution < 1.29 is 14.7 Å². The number of aliphatic hydroxyl groups excluding tert-OH is 1. The third-order valence-corrected chi connectivity index (χ3v) is 6.09. The van der Waals surface area contributed by atoms with E-state index in [1.54, 1.807) is 4.90 Å². The number of carbonyl (C=O) groups is 2. The highest BCUT2D eigenvalue weighted by Crippen LogP contribution is 2.41. The monoisotopic (exact) mass is 388 g/mol. The second kappa shape index (κ2) is 9.03. The Morgan fingerprint density at radius 2 is 2.07 bits per heavy atom. The molecular weight excluding hydrogens is 356 g/mol. The fourth-order valence-corrected chi connectivity index (χ4v) is 4.51. The Morgan fingerprint density at radius 3 is 2.79 bits per heavy atom. The van der Waals surface area contributed by atoms with Crippen molar-refractivity contribution in [3.8, 4) is 0 Å². The van der Waals surface area contributed by atoms with Gasteiger partial charge in [-0.25, -0.2) is 0 Å². The quantitative estimate of drug-likeness (QED) is 0.534. The topological polar surface area (TPSA) is 122 Å². The first kappa shape index (κ1) is 20.8. The van der Waals surface area contributed by atoms with Crippen LogP contribution in [0.5, 0.6) is 0 Å². The molecule has 0 saturated carbocycles. The minimum absolute atomic E-state index is 0.0825. The Morgan fingerprint density at radius 1 is 1.32 bits per heavy atom. The van der Waals surface area contributed by atoms with Crippen LogP contribution < -0.4 is 16.8 Å². The number of unbranched alkanes of at least 4 members (excludes halogenated alkanes) is 1. The zero-order valence-electron chi connectivity index (χ0n) is 16.3. The van der Waals surface area contributed by atoms with E-state index in [9.17, 15) is 14.7 Å². The molecule has 2 aliphatic heterocycles. The van der Waals surface area contributed by atoms with Crippen LogP contribution >= 0.6 is 0 Å². The van der Waals surface area contributed by atoms with Crippen LogP contribution in [-0.4, -0.2) is 53.6 Å². The summed E-state index contributed by atoms with van der Waals surface area (Å²) in [6.45, 7) is 1.52. The average molecular weight is 389 g/mol. The molecule has 7 heteroatoms. The number of amides is 2. The average Bonchev–Trinajstić information content (AvgIpc) is 2.71. The van der Waals surface area contributed by atoms with Gasteiger partial charge in [0.1, 0.15) is 0 Å². The first-order valence-corrected chi connectivity index (χ1v) is 10.3. The normalized spacial score (nSPS) is 28.8. The number of benzene rings is 1. The van der Waals surface area contributed by atoms with Gasteiger partial charge in [0.15, 0.2) is 0 Å². The summed E-state index contributed by atoms with van der Waals surface area (Å²) in [4.78, 5) is 27.5. The fraction of sp³-hybridized carbons (Fsp3) is 0.619. The van der Waals surface area contributed by atoms with Crippen LogP contribution in [0.4, 0.5) is 0 Å². The van der Waals surface area contributed by atoms with Gasteiger partial charge in [0.25, 0.3) is 0 Å². The standard InChI is InChI=1S/C21H32N4O3/c22-11-5-4-9-16(23)19(27)25-12-6-10-21(14-25)13-17(26)18(24-20(21)28)15-7-2-1-3-8-15/h1-3,7-8,16-18,26H,4-6,9-14,22-23H2,(H,24,28)/t16-,17+,18-,21+/m0/s1. The highest BCUT2D eigenvalue weighted by Gasteiger charge is 2.50. The minimum Gasteiger partial charge on any atom is -0.391 e. The molecule has 3 rings (SSSR count). The van der Waals surface area contributed by atoms with Crippen LogP contribution in [-0.2, 0) is 9.59 Å². The van der Waals surface area contributed by atoms with Gasteiger partial charge in [-0.2, -0.15) is 0 Å². The molecule has 0 radical (unpaired) electrons. The minimum atomic E-state index is -0.740. The molecule has 1 aromatic rings. The van der Waals surface area contributed by atoms with Crippen molar-refractivity contribution in [2.24, 2.45) is 16.9 Å². The van der Waals surface area contributed by atoms with E-state index < -0.39 is 23.6 Å². The third-order valence-electron chi connectivity index (χ3n) is 6.09. The van der Waals surface area contributed by atoms with Crippen molar-refractivity contribution >= 4 is 11.8 Å². The maximum atomic E-state index is 13.0. The van der Waals surface area contributed by atoms with Gasteiger partial charge in [-0.1, -0.05) is 36.8 Å². The Hall–Kier alpha value is -1.96. The van der Waals surface area contributed by atoms with Crippen molar-refractivity contribution in [1.29, 1.82) is 0 Å². The number of nitrogens with zero attached hydrogens (tertiary/aromatic N) is 1. The highest BCUT2D eigenvalue weighted by atomic mass is 16.3. The molecule has 0 aliphatic carbocycles. The fourth-order valence-electron chi connectivity index (χ4n) is 4.51. The number of hydrogen-bond acceptors (Lipinski definition) is 5. The Kier molecular flexibility index (Phi) is 6.69. The first-order valence-electron chi connectivity index (χ1n) is 10.3. The van der Waals surface area contributed by atoms with Crippen LogP contribution in [0.25, 0.3) is 0 Å². The molecule has 1 aromatic carbocycles. The van der Waals surface area contributed by atoms with Gasteiger partial charge in [0.2, 0.25) is 11.8 Å². The lowest BCUT2D eigenvalue weighted by molar-refractivity contribution is -0.150. The first-order chi connectivity index (χ1) is 13.5. The van der Waals surface area contributed by atoms with Crippen molar-refractivity contribution in [2.45, 2.75) is 56.7 Å². The summed E-state index contributed by atoms with van der Waals surface area (Å²) in [6, 6.07) is 8.53. The maximum absolute atomic E-state index is 13.0. The van der Waals surface area contributed by atoms with Gasteiger partial charge >= 0.3 is 0 Å². The van der Waals surface area contributed by atoms with E-state index in [4.69, 9.17) is 11.5 Å². The van der Waals surface area contributed by atoms with E-state index in [1.165, 1.54) is 0 Å². The number of rotatable bonds is 6. The second-order valence-electron chi connectivity index (χ2n) is 8.17. The van der Waals surface area contributed by atoms with E-state index in [1.807, 2.05) is 30.3 Å². The number of aliphatic hydroxyl groups is 1. The molecule has 6 N–H and O–H groups in total. The lowest BCUT2D eigenvalue weighted by atomic mass is 9.70. The Balaban J connectivity index is 1.67. The third kappa shape index (κ3) is 4.37. The molecule has 7 nitrogen and oxygen atoms in total. The van der Waals surface area contributed by atoms with Crippen LogP contribution in [0.2, 0.25) is 0 Å². The predicted molar refractivity (Wildman–Crippen MR) is 107 cm³/mol. The van der Waals surface area contributed by atoms with Crippen LogP contribution in [0, 0.1) is 5.41 Å². The molecule has 2 aliphatic rings. The predicted octanol–water partition coefficient (Wildman–Crippen LogP) is 0.674. The summed E-state index contributed by atoms with van der Waals surface area (Å²) in [5.41, 5.74) is 11.7. The summed E-state index contributed by atoms with van der Waals surface area (Å²) in [5.74, 6) is -0.190. The molecule has 28 heavy (non-hydrogen) atoms. The zero-order chi connectivity index (χ0) is 20.1. The molecule has 0 unspecified atom stereocenters. The number of piperidine rings is 2. The molecular formula is C21H32N4O3. The molecule has 1 spiro atoms. The number of nitrogens with one attached hydrogen (secondary N) is 1. The molecule has 2 fully saturated rings. The SMILES string of the molecule is NCCCC[C@H](N)C(=O)N1CCC[C@@]2(C[C@@H](O)[C@H](c3ccccc3)NC2=O)C1. The zero-order valence-corrected chi connectivity index (χ0v) is 16.3. The van der Waals surface area contributed by atoms with Gasteiger partial charge in [0, 0.05) is 13.1 Å². The Bertz CT molecular complexity index is 683. The lowest BCUT2D eigenvalue weighted by Crippen LogP contribution is -2.61. The number of nitrogens with two attached hydrogens (primary N) is 2. The maximum Gasteiger partial charge on any atom is 0.239 e. The van der Waals surface area contributed by atoms with E-state index in [2.05, 4.69) is 5.32 Å². The molecule has 2 amide bonds. The molecule has 0 aromatic heterocycles. The van der Waals surface area contributed by atoms with Crippen LogP contribution in [0.1, 0.15) is 50.1 Å². The number of likely N-dealkylation sites (tertiary alicyclic amines) is 1. The second-order valence-corrected chi connectivity index (χ2v) is 8.17. The smallest absolute Gasteiger partial charge is 0.239 e. The van der Waals surface area contributed by atoms with Crippen LogP contribution in [0.3, 0.4) is 0 Å². The molecule has 2 heterocycles. The lowest BCUT2D eigenvalue weighted by Gasteiger charge is -2.47. The molecule has 0 bridgehead atoms. The number of hydrogen-bond donors (Lipinski definition) is 4. The van der Waals surface area contributed by atoms with Gasteiger partial charge in [-0.3, -0.25) is 9.59 Å². The van der Waals surface area contributed by atoms with Crippen molar-refractivity contribution in [1.82, 2.24) is 10.2 Å². The molecule has 2 saturated heterocycles. The van der Waals surface area contributed by atoms with E-state index in [-0.39, 0.29) is 11.8 Å². The summed E-state index contributed by atoms with van der Waals surface area (Å²) in [7, 11) is 0. The summed E-state index contributed by atoms with van der Waals surface area (Å²) in [5, 5.41) is 13.8. The van der Waals surface area contributed by atoms with Crippen molar-refractivity contribution in [3.63, 3.8) is 0 Å². The van der Waals surface area contributed by atoms with Gasteiger partial charge in [-0.05, 0) is 44.2 Å². The van der Waals surface area contributed by atoms with E-state index in [0.29, 0.717) is 38.9 Å². The number of carbonyl (C=O) groups excluding carboxylic acids is 2. The van der Waals surface area contributed by atoms with E-state index in [0.717, 1.165) is 24.8 Å². The summed E-state index contributed by atoms with van der Waals surface area (Å²) in [6.07, 6.45) is 3.34. The van der Waals surface area contributed by atoms with Crippen LogP contribution in [0.15, 0.2) is 30.3 Å². The van der Waals surface area contributed by atoms with Gasteiger partial charge in [-0.15, -0.1) is 0 Å². The Labute approximate surface area is 166 Å².